The minimum Gasteiger partial charge on any atom is -0.390 e. The Bertz CT molecular complexity index is 914. The van der Waals surface area contributed by atoms with Crippen molar-refractivity contribution in [3.8, 4) is 0 Å². The van der Waals surface area contributed by atoms with Gasteiger partial charge in [-0.25, -0.2) is 4.79 Å². The van der Waals surface area contributed by atoms with Gasteiger partial charge in [-0.15, -0.1) is 0 Å². The molecule has 0 amide bonds. The lowest BCUT2D eigenvalue weighted by molar-refractivity contribution is -0.0192. The van der Waals surface area contributed by atoms with E-state index in [1.165, 1.54) is 27.5 Å². The summed E-state index contributed by atoms with van der Waals surface area (Å²) in [5, 5.41) is 13.7. The smallest absolute Gasteiger partial charge is 0.330 e. The summed E-state index contributed by atoms with van der Waals surface area (Å²) in [5.74, 6) is 0. The van der Waals surface area contributed by atoms with Crippen LogP contribution in [-0.4, -0.2) is 40.0 Å². The third-order valence-electron chi connectivity index (χ3n) is 5.48. The van der Waals surface area contributed by atoms with Crippen LogP contribution in [0.25, 0.3) is 0 Å². The molecule has 2 heterocycles. The molecule has 0 radical (unpaired) electrons. The van der Waals surface area contributed by atoms with Gasteiger partial charge in [0.05, 0.1) is 12.2 Å². The van der Waals surface area contributed by atoms with Gasteiger partial charge < -0.3 is 15.2 Å². The van der Waals surface area contributed by atoms with Crippen molar-refractivity contribution in [3.63, 3.8) is 0 Å². The van der Waals surface area contributed by atoms with Crippen molar-refractivity contribution in [1.29, 1.82) is 0 Å². The first-order chi connectivity index (χ1) is 13.4. The number of ether oxygens (including phenoxy) is 1. The van der Waals surface area contributed by atoms with Crippen LogP contribution in [0.3, 0.4) is 0 Å². The number of H-pyrrole nitrogens is 1. The molecule has 1 saturated heterocycles. The number of rotatable bonds is 7. The van der Waals surface area contributed by atoms with Crippen LogP contribution in [0.4, 0.5) is 0 Å². The number of nitrogens with one attached hydrogen (secondary N) is 2. The molecule has 0 aliphatic carbocycles. The highest BCUT2D eigenvalue weighted by atomic mass is 16.5. The van der Waals surface area contributed by atoms with Crippen molar-refractivity contribution in [2.45, 2.75) is 58.5 Å². The van der Waals surface area contributed by atoms with Crippen LogP contribution in [0, 0.1) is 13.8 Å². The molecule has 152 valence electrons. The molecule has 7 nitrogen and oxygen atoms in total. The number of nitrogens with zero attached hydrogens (tertiary/aromatic N) is 1. The number of aliphatic hydroxyl groups excluding tert-OH is 1. The van der Waals surface area contributed by atoms with Crippen molar-refractivity contribution in [2.75, 3.05) is 13.1 Å². The maximum absolute atomic E-state index is 12.1. The average molecular weight is 387 g/mol. The van der Waals surface area contributed by atoms with Crippen LogP contribution in [0.1, 0.15) is 41.8 Å². The summed E-state index contributed by atoms with van der Waals surface area (Å²) in [4.78, 5) is 26.2. The molecule has 3 atom stereocenters. The van der Waals surface area contributed by atoms with Gasteiger partial charge in [0, 0.05) is 24.7 Å². The summed E-state index contributed by atoms with van der Waals surface area (Å²) in [5.41, 5.74) is 3.54. The van der Waals surface area contributed by atoms with Crippen LogP contribution in [0.15, 0.2) is 34.0 Å². The van der Waals surface area contributed by atoms with E-state index in [0.29, 0.717) is 24.9 Å². The fraction of sp³-hybridized carbons (Fsp3) is 0.524. The van der Waals surface area contributed by atoms with Gasteiger partial charge in [0.15, 0.2) is 0 Å². The molecule has 28 heavy (non-hydrogen) atoms. The third kappa shape index (κ3) is 4.43. The second-order valence-electron chi connectivity index (χ2n) is 7.43. The van der Waals surface area contributed by atoms with Gasteiger partial charge in [-0.2, -0.15) is 0 Å². The number of aliphatic hydroxyl groups is 1. The molecule has 1 unspecified atom stereocenters. The van der Waals surface area contributed by atoms with Crippen LogP contribution < -0.4 is 16.6 Å². The van der Waals surface area contributed by atoms with Crippen LogP contribution >= 0.6 is 0 Å². The molecule has 1 aliphatic rings. The fourth-order valence-corrected chi connectivity index (χ4v) is 3.76. The lowest BCUT2D eigenvalue weighted by Gasteiger charge is -2.17. The molecule has 3 N–H and O–H groups in total. The molecular formula is C21H29N3O4. The van der Waals surface area contributed by atoms with Crippen LogP contribution in [0.2, 0.25) is 0 Å². The number of hydrogen-bond acceptors (Lipinski definition) is 5. The highest BCUT2D eigenvalue weighted by Crippen LogP contribution is 2.27. The van der Waals surface area contributed by atoms with Gasteiger partial charge in [-0.1, -0.05) is 25.1 Å². The second-order valence-corrected chi connectivity index (χ2v) is 7.43. The van der Waals surface area contributed by atoms with Gasteiger partial charge in [-0.05, 0) is 49.9 Å². The minimum absolute atomic E-state index is 0.318. The zero-order chi connectivity index (χ0) is 20.3. The van der Waals surface area contributed by atoms with E-state index in [0.717, 1.165) is 13.0 Å². The molecule has 0 spiro atoms. The Balaban J connectivity index is 1.57. The van der Waals surface area contributed by atoms with E-state index in [4.69, 9.17) is 4.74 Å². The molecule has 7 heteroatoms. The third-order valence-corrected chi connectivity index (χ3v) is 5.48. The summed E-state index contributed by atoms with van der Waals surface area (Å²) in [6, 6.07) is 6.29. The summed E-state index contributed by atoms with van der Waals surface area (Å²) in [6.07, 6.45) is 1.65. The van der Waals surface area contributed by atoms with Crippen molar-refractivity contribution in [1.82, 2.24) is 14.9 Å². The van der Waals surface area contributed by atoms with Gasteiger partial charge in [0.1, 0.15) is 6.23 Å². The Hall–Kier alpha value is -2.22. The maximum atomic E-state index is 12.1. The van der Waals surface area contributed by atoms with E-state index in [2.05, 4.69) is 42.3 Å². The molecule has 1 aromatic carbocycles. The van der Waals surface area contributed by atoms with Crippen molar-refractivity contribution in [3.05, 3.63) is 67.5 Å². The first-order valence-electron chi connectivity index (χ1n) is 9.84. The van der Waals surface area contributed by atoms with Gasteiger partial charge >= 0.3 is 5.69 Å². The maximum Gasteiger partial charge on any atom is 0.330 e. The minimum atomic E-state index is -0.665. The standard InChI is InChI=1S/C21H29N3O4/c1-4-15-12-24(21(27)23-20(15)26)19-10-17(25)18(28-19)11-22-9-8-16-13(2)6-5-7-14(16)3/h5-7,12,17-19,22,25H,4,8-11H2,1-3H3,(H,23,26,27)/t17?,18-,19-/m0/s1. The Morgan fingerprint density at radius 2 is 2.00 bits per heavy atom. The van der Waals surface area contributed by atoms with E-state index < -0.39 is 24.1 Å². The quantitative estimate of drug-likeness (QED) is 0.621. The zero-order valence-corrected chi connectivity index (χ0v) is 16.7. The first kappa shape index (κ1) is 20.5. The summed E-state index contributed by atoms with van der Waals surface area (Å²) in [6.45, 7) is 7.36. The SMILES string of the molecule is CCc1cn([C@@H]2CC(O)[C@H](CNCCc3c(C)cccc3C)O2)c(=O)[nH]c1=O. The number of benzene rings is 1. The number of aromatic amines is 1. The van der Waals surface area contributed by atoms with E-state index in [-0.39, 0.29) is 5.56 Å². The van der Waals surface area contributed by atoms with E-state index >= 15 is 0 Å². The predicted octanol–water partition coefficient (Wildman–Crippen LogP) is 1.20. The molecule has 1 fully saturated rings. The first-order valence-corrected chi connectivity index (χ1v) is 9.84. The summed E-state index contributed by atoms with van der Waals surface area (Å²) >= 11 is 0. The Morgan fingerprint density at radius 3 is 2.68 bits per heavy atom. The van der Waals surface area contributed by atoms with Crippen molar-refractivity contribution < 1.29 is 9.84 Å². The molecule has 1 aromatic heterocycles. The molecule has 1 aliphatic heterocycles. The van der Waals surface area contributed by atoms with Crippen LogP contribution in [-0.2, 0) is 17.6 Å². The van der Waals surface area contributed by atoms with Crippen molar-refractivity contribution in [2.24, 2.45) is 0 Å². The monoisotopic (exact) mass is 387 g/mol. The van der Waals surface area contributed by atoms with E-state index in [1.807, 2.05) is 6.92 Å². The molecule has 3 rings (SSSR count). The molecule has 0 saturated carbocycles. The van der Waals surface area contributed by atoms with Crippen molar-refractivity contribution >= 4 is 0 Å². The average Bonchev–Trinajstić information content (AvgIpc) is 3.01. The predicted molar refractivity (Wildman–Crippen MR) is 108 cm³/mol. The number of aryl methyl sites for hydroxylation is 3. The number of aromatic nitrogens is 2. The highest BCUT2D eigenvalue weighted by Gasteiger charge is 2.35. The highest BCUT2D eigenvalue weighted by molar-refractivity contribution is 5.33. The summed E-state index contributed by atoms with van der Waals surface area (Å²) < 4.78 is 7.28. The Kier molecular flexibility index (Phi) is 6.49. The topological polar surface area (TPSA) is 96.3 Å². The second kappa shape index (κ2) is 8.86. The molecule has 2 aromatic rings. The molecule has 0 bridgehead atoms. The normalized spacial score (nSPS) is 21.9. The van der Waals surface area contributed by atoms with Gasteiger partial charge in [0.2, 0.25) is 0 Å². The Labute approximate surface area is 164 Å². The fourth-order valence-electron chi connectivity index (χ4n) is 3.76. The zero-order valence-electron chi connectivity index (χ0n) is 16.7. The molecular weight excluding hydrogens is 358 g/mol. The summed E-state index contributed by atoms with van der Waals surface area (Å²) in [7, 11) is 0. The lowest BCUT2D eigenvalue weighted by atomic mass is 10.0. The largest absolute Gasteiger partial charge is 0.390 e. The number of hydrogen-bond donors (Lipinski definition) is 3. The van der Waals surface area contributed by atoms with Crippen LogP contribution in [0.5, 0.6) is 0 Å². The van der Waals surface area contributed by atoms with Gasteiger partial charge in [0.25, 0.3) is 5.56 Å². The lowest BCUT2D eigenvalue weighted by Crippen LogP contribution is -2.36. The van der Waals surface area contributed by atoms with Gasteiger partial charge in [-0.3, -0.25) is 14.3 Å². The Morgan fingerprint density at radius 1 is 1.29 bits per heavy atom. The van der Waals surface area contributed by atoms with E-state index in [9.17, 15) is 14.7 Å². The van der Waals surface area contributed by atoms with E-state index in [1.54, 1.807) is 0 Å².